The molecule has 0 amide bonds. The van der Waals surface area contributed by atoms with Crippen LogP contribution in [0.3, 0.4) is 0 Å². The maximum absolute atomic E-state index is 12.0. The van der Waals surface area contributed by atoms with Crippen LogP contribution in [0.1, 0.15) is 17.3 Å². The van der Waals surface area contributed by atoms with E-state index < -0.39 is 0 Å². The lowest BCUT2D eigenvalue weighted by molar-refractivity contribution is 0.101. The van der Waals surface area contributed by atoms with Crippen LogP contribution in [0.4, 0.5) is 0 Å². The Labute approximate surface area is 169 Å². The van der Waals surface area contributed by atoms with Crippen molar-refractivity contribution >= 4 is 27.3 Å². The molecule has 29 heavy (non-hydrogen) atoms. The van der Waals surface area contributed by atoms with Gasteiger partial charge in [-0.15, -0.1) is 0 Å². The number of rotatable bonds is 3. The van der Waals surface area contributed by atoms with Crippen molar-refractivity contribution in [1.82, 2.24) is 4.98 Å². The molecule has 5 rings (SSSR count). The molecule has 0 unspecified atom stereocenters. The molecule has 0 radical (unpaired) electrons. The third-order valence-corrected chi connectivity index (χ3v) is 5.43. The molecule has 2 heteroatoms. The molecule has 0 atom stereocenters. The van der Waals surface area contributed by atoms with Crippen LogP contribution in [-0.2, 0) is 0 Å². The van der Waals surface area contributed by atoms with Crippen molar-refractivity contribution in [2.45, 2.75) is 6.92 Å². The average Bonchev–Trinajstić information content (AvgIpc) is 2.78. The van der Waals surface area contributed by atoms with Crippen LogP contribution < -0.4 is 0 Å². The number of ketones is 1. The van der Waals surface area contributed by atoms with Crippen molar-refractivity contribution in [2.75, 3.05) is 0 Å². The lowest BCUT2D eigenvalue weighted by atomic mass is 9.86. The van der Waals surface area contributed by atoms with Gasteiger partial charge in [-0.1, -0.05) is 78.9 Å². The van der Waals surface area contributed by atoms with Gasteiger partial charge in [-0.2, -0.15) is 0 Å². The van der Waals surface area contributed by atoms with E-state index >= 15 is 0 Å². The maximum atomic E-state index is 12.0. The maximum Gasteiger partial charge on any atom is 0.161 e. The lowest BCUT2D eigenvalue weighted by Gasteiger charge is -2.17. The summed E-state index contributed by atoms with van der Waals surface area (Å²) < 4.78 is 0. The summed E-state index contributed by atoms with van der Waals surface area (Å²) in [7, 11) is 0. The predicted octanol–water partition coefficient (Wildman–Crippen LogP) is 6.92. The first-order chi connectivity index (χ1) is 14.2. The zero-order valence-electron chi connectivity index (χ0n) is 16.1. The Morgan fingerprint density at radius 2 is 1.10 bits per heavy atom. The zero-order chi connectivity index (χ0) is 19.8. The Bertz CT molecular complexity index is 1310. The van der Waals surface area contributed by atoms with E-state index in [1.165, 1.54) is 21.9 Å². The SMILES string of the molecule is CC(=O)c1cncc(-c2c3ccccc3c(-c3ccccc3)c3ccccc23)c1. The second-order valence-corrected chi connectivity index (χ2v) is 7.23. The van der Waals surface area contributed by atoms with Crippen molar-refractivity contribution in [3.63, 3.8) is 0 Å². The van der Waals surface area contributed by atoms with Crippen molar-refractivity contribution < 1.29 is 4.79 Å². The number of nitrogens with zero attached hydrogens (tertiary/aromatic N) is 1. The van der Waals surface area contributed by atoms with Gasteiger partial charge in [-0.05, 0) is 51.2 Å². The molecule has 1 heterocycles. The Morgan fingerprint density at radius 1 is 0.621 bits per heavy atom. The minimum Gasteiger partial charge on any atom is -0.294 e. The van der Waals surface area contributed by atoms with Gasteiger partial charge in [0.25, 0.3) is 0 Å². The third-order valence-electron chi connectivity index (χ3n) is 5.43. The van der Waals surface area contributed by atoms with Gasteiger partial charge in [0, 0.05) is 23.5 Å². The van der Waals surface area contributed by atoms with Crippen molar-refractivity contribution in [1.29, 1.82) is 0 Å². The van der Waals surface area contributed by atoms with Crippen LogP contribution >= 0.6 is 0 Å². The first kappa shape index (κ1) is 17.3. The largest absolute Gasteiger partial charge is 0.294 e. The Morgan fingerprint density at radius 3 is 1.62 bits per heavy atom. The van der Waals surface area contributed by atoms with Gasteiger partial charge in [0.2, 0.25) is 0 Å². The van der Waals surface area contributed by atoms with E-state index in [-0.39, 0.29) is 5.78 Å². The lowest BCUT2D eigenvalue weighted by Crippen LogP contribution is -1.95. The number of fused-ring (bicyclic) bond motifs is 2. The first-order valence-electron chi connectivity index (χ1n) is 9.69. The Hall–Kier alpha value is -3.78. The molecule has 5 aromatic rings. The van der Waals surface area contributed by atoms with Gasteiger partial charge in [-0.25, -0.2) is 0 Å². The van der Waals surface area contributed by atoms with Gasteiger partial charge < -0.3 is 0 Å². The molecule has 0 fully saturated rings. The molecule has 0 spiro atoms. The van der Waals surface area contributed by atoms with Crippen LogP contribution in [-0.4, -0.2) is 10.8 Å². The number of benzene rings is 4. The minimum atomic E-state index is 0.0221. The van der Waals surface area contributed by atoms with E-state index in [1.54, 1.807) is 13.1 Å². The number of hydrogen-bond donors (Lipinski definition) is 0. The van der Waals surface area contributed by atoms with Gasteiger partial charge in [0.05, 0.1) is 0 Å². The normalized spacial score (nSPS) is 11.1. The van der Waals surface area contributed by atoms with Crippen LogP contribution in [0.5, 0.6) is 0 Å². The van der Waals surface area contributed by atoms with Crippen molar-refractivity contribution in [3.05, 3.63) is 103 Å². The Balaban J connectivity index is 1.96. The summed E-state index contributed by atoms with van der Waals surface area (Å²) in [5.41, 5.74) is 5.14. The summed E-state index contributed by atoms with van der Waals surface area (Å²) in [6.45, 7) is 1.58. The molecule has 1 aromatic heterocycles. The summed E-state index contributed by atoms with van der Waals surface area (Å²) in [5.74, 6) is 0.0221. The van der Waals surface area contributed by atoms with E-state index in [1.807, 2.05) is 18.3 Å². The summed E-state index contributed by atoms with van der Waals surface area (Å²) in [6.07, 6.45) is 3.48. The van der Waals surface area contributed by atoms with E-state index in [0.717, 1.165) is 21.9 Å². The highest BCUT2D eigenvalue weighted by Crippen LogP contribution is 2.43. The number of Topliss-reactive ketones (excluding diaryl/α,β-unsaturated/α-hetero) is 1. The molecule has 0 saturated heterocycles. The number of carbonyl (C=O) groups is 1. The highest BCUT2D eigenvalue weighted by Gasteiger charge is 2.16. The average molecular weight is 373 g/mol. The molecule has 4 aromatic carbocycles. The molecule has 0 aliphatic heterocycles. The number of pyridine rings is 1. The van der Waals surface area contributed by atoms with E-state index in [9.17, 15) is 4.79 Å². The molecule has 0 bridgehead atoms. The second-order valence-electron chi connectivity index (χ2n) is 7.23. The molecule has 0 N–H and O–H groups in total. The van der Waals surface area contributed by atoms with Crippen LogP contribution in [0.25, 0.3) is 43.8 Å². The van der Waals surface area contributed by atoms with E-state index in [0.29, 0.717) is 5.56 Å². The summed E-state index contributed by atoms with van der Waals surface area (Å²) in [6, 6.07) is 29.4. The van der Waals surface area contributed by atoms with Gasteiger partial charge >= 0.3 is 0 Å². The fourth-order valence-corrected chi connectivity index (χ4v) is 4.12. The van der Waals surface area contributed by atoms with Gasteiger partial charge in [0.1, 0.15) is 0 Å². The quantitative estimate of drug-likeness (QED) is 0.254. The molecule has 138 valence electrons. The Kier molecular flexibility index (Phi) is 4.18. The number of hydrogen-bond acceptors (Lipinski definition) is 2. The van der Waals surface area contributed by atoms with Gasteiger partial charge in [0.15, 0.2) is 5.78 Å². The zero-order valence-corrected chi connectivity index (χ0v) is 16.1. The molecule has 0 saturated carbocycles. The van der Waals surface area contributed by atoms with Crippen molar-refractivity contribution in [3.8, 4) is 22.3 Å². The highest BCUT2D eigenvalue weighted by molar-refractivity contribution is 6.21. The molecular formula is C27H19NO. The fraction of sp³-hybridized carbons (Fsp3) is 0.0370. The monoisotopic (exact) mass is 373 g/mol. The first-order valence-corrected chi connectivity index (χ1v) is 9.69. The number of carbonyl (C=O) groups excluding carboxylic acids is 1. The molecular weight excluding hydrogens is 354 g/mol. The number of aromatic nitrogens is 1. The fourth-order valence-electron chi connectivity index (χ4n) is 4.12. The topological polar surface area (TPSA) is 30.0 Å². The minimum absolute atomic E-state index is 0.0221. The van der Waals surface area contributed by atoms with Crippen LogP contribution in [0, 0.1) is 0 Å². The molecule has 0 aliphatic carbocycles. The van der Waals surface area contributed by atoms with E-state index in [2.05, 4.69) is 77.8 Å². The van der Waals surface area contributed by atoms with Crippen LogP contribution in [0.2, 0.25) is 0 Å². The van der Waals surface area contributed by atoms with Gasteiger partial charge in [-0.3, -0.25) is 9.78 Å². The highest BCUT2D eigenvalue weighted by atomic mass is 16.1. The second kappa shape index (κ2) is 6.99. The smallest absolute Gasteiger partial charge is 0.161 e. The van der Waals surface area contributed by atoms with Crippen LogP contribution in [0.15, 0.2) is 97.3 Å². The summed E-state index contributed by atoms with van der Waals surface area (Å²) in [5, 5.41) is 4.71. The third kappa shape index (κ3) is 2.90. The van der Waals surface area contributed by atoms with Crippen molar-refractivity contribution in [2.24, 2.45) is 0 Å². The summed E-state index contributed by atoms with van der Waals surface area (Å²) >= 11 is 0. The summed E-state index contributed by atoms with van der Waals surface area (Å²) in [4.78, 5) is 16.3. The standard InChI is InChI=1S/C27H19NO/c1-18(29)20-15-21(17-28-16-20)27-24-13-7-5-11-22(24)26(19-9-3-2-4-10-19)23-12-6-8-14-25(23)27/h2-17H,1H3. The molecule has 2 nitrogen and oxygen atoms in total. The molecule has 0 aliphatic rings. The predicted molar refractivity (Wildman–Crippen MR) is 120 cm³/mol. The van der Waals surface area contributed by atoms with E-state index in [4.69, 9.17) is 0 Å².